The van der Waals surface area contributed by atoms with Crippen LogP contribution in [0.25, 0.3) is 87.2 Å². The summed E-state index contributed by atoms with van der Waals surface area (Å²) in [6.07, 6.45) is 10.2. The third-order valence-corrected chi connectivity index (χ3v) is 14.2. The van der Waals surface area contributed by atoms with Gasteiger partial charge in [0, 0.05) is 72.1 Å². The summed E-state index contributed by atoms with van der Waals surface area (Å²) in [6, 6.07) is 31.8. The van der Waals surface area contributed by atoms with Crippen molar-refractivity contribution in [1.29, 1.82) is 0 Å². The number of benzene rings is 6. The number of amides is 4. The van der Waals surface area contributed by atoms with Crippen LogP contribution in [0.15, 0.2) is 121 Å². The van der Waals surface area contributed by atoms with E-state index in [4.69, 9.17) is 4.74 Å². The van der Waals surface area contributed by atoms with Crippen molar-refractivity contribution in [2.24, 2.45) is 0 Å². The Morgan fingerprint density at radius 1 is 0.522 bits per heavy atom. The molecule has 6 heterocycles. The number of hydrogen-bond donors (Lipinski definition) is 5. The first kappa shape index (κ1) is 39.1. The Bertz CT molecular complexity index is 3970. The fourth-order valence-corrected chi connectivity index (χ4v) is 11.5. The first-order chi connectivity index (χ1) is 32.7. The first-order valence-corrected chi connectivity index (χ1v) is 22.6. The van der Waals surface area contributed by atoms with E-state index >= 15 is 0 Å². The third kappa shape index (κ3) is 5.55. The van der Waals surface area contributed by atoms with Crippen molar-refractivity contribution < 1.29 is 33.8 Å². The number of H-pyrrole nitrogens is 2. The van der Waals surface area contributed by atoms with Crippen molar-refractivity contribution in [3.05, 3.63) is 144 Å². The first-order valence-electron chi connectivity index (χ1n) is 22.6. The van der Waals surface area contributed by atoms with Crippen molar-refractivity contribution in [2.75, 3.05) is 0 Å². The molecule has 4 atom stereocenters. The van der Waals surface area contributed by atoms with Crippen LogP contribution in [0.4, 0.5) is 0 Å². The van der Waals surface area contributed by atoms with Gasteiger partial charge < -0.3 is 28.9 Å². The molecular formula is C54H40N6O7. The molecule has 4 aromatic heterocycles. The molecule has 0 spiro atoms. The number of rotatable bonds is 3. The van der Waals surface area contributed by atoms with Gasteiger partial charge in [0.15, 0.2) is 0 Å². The number of fused-ring (bicyclic) bond motifs is 20. The monoisotopic (exact) mass is 884 g/mol. The zero-order valence-corrected chi connectivity index (χ0v) is 36.0. The molecule has 13 heteroatoms. The highest BCUT2D eigenvalue weighted by Gasteiger charge is 2.38. The van der Waals surface area contributed by atoms with Crippen LogP contribution >= 0.6 is 0 Å². The molecule has 0 radical (unpaired) electrons. The highest BCUT2D eigenvalue weighted by molar-refractivity contribution is 6.41. The number of aromatic amines is 2. The molecule has 4 amide bonds. The van der Waals surface area contributed by atoms with Crippen LogP contribution in [0.5, 0.6) is 0 Å². The zero-order valence-electron chi connectivity index (χ0n) is 36.0. The van der Waals surface area contributed by atoms with Crippen molar-refractivity contribution in [3.8, 4) is 0 Å². The van der Waals surface area contributed by atoms with Crippen LogP contribution in [-0.4, -0.2) is 66.0 Å². The van der Waals surface area contributed by atoms with Gasteiger partial charge in [-0.3, -0.25) is 34.6 Å². The van der Waals surface area contributed by atoms with E-state index < -0.39 is 6.10 Å². The molecule has 4 aliphatic rings. The standard InChI is InChI=1S/C28H21N3O4.C26H19N3O3/c1-14(32)35-16-12-10-15(11-13-16)31-20-9-5-3-7-18(20)22-24-23(27(33)30-28(24)34)21-17-6-2-4-8-19(17)29-25(21)26(22)31;30-14-11-9-13(10-12-14)29-18-8-4-2-6-16(18)20-22-21(25(31)28-26(22)32)19-15-5-1-3-7-17(15)27-23(19)24(20)29/h2-10,12,15-16,29H,11,13H2,1H3,(H,30,33,34);1-9,11,13-14,27,30H,10,12H2,(H,28,31,32)/t15?,16-;13?,14-/m11/s1. The summed E-state index contributed by atoms with van der Waals surface area (Å²) in [5.74, 6) is -1.71. The molecular weight excluding hydrogens is 845 g/mol. The second-order valence-corrected chi connectivity index (χ2v) is 17.9. The topological polar surface area (TPSA) is 180 Å². The lowest BCUT2D eigenvalue weighted by Gasteiger charge is -2.25. The van der Waals surface area contributed by atoms with E-state index in [1.807, 2.05) is 103 Å². The number of para-hydroxylation sites is 4. The zero-order chi connectivity index (χ0) is 45.4. The van der Waals surface area contributed by atoms with Gasteiger partial charge in [0.05, 0.1) is 62.5 Å². The van der Waals surface area contributed by atoms with Gasteiger partial charge in [0.1, 0.15) is 6.10 Å². The van der Waals surface area contributed by atoms with Crippen LogP contribution < -0.4 is 10.6 Å². The van der Waals surface area contributed by atoms with Crippen LogP contribution in [0.2, 0.25) is 0 Å². The van der Waals surface area contributed by atoms with Gasteiger partial charge in [0.2, 0.25) is 0 Å². The van der Waals surface area contributed by atoms with Crippen molar-refractivity contribution in [2.45, 2.75) is 56.9 Å². The molecule has 2 aliphatic heterocycles. The lowest BCUT2D eigenvalue weighted by Crippen LogP contribution is -2.20. The Labute approximate surface area is 379 Å². The summed E-state index contributed by atoms with van der Waals surface area (Å²) in [5, 5.41) is 22.0. The number of aliphatic hydroxyl groups excluding tert-OH is 1. The molecule has 2 unspecified atom stereocenters. The second kappa shape index (κ2) is 14.4. The predicted octanol–water partition coefficient (Wildman–Crippen LogP) is 9.70. The van der Waals surface area contributed by atoms with E-state index in [1.54, 1.807) is 0 Å². The van der Waals surface area contributed by atoms with E-state index in [0.29, 0.717) is 35.1 Å². The quantitative estimate of drug-likeness (QED) is 0.0666. The van der Waals surface area contributed by atoms with Gasteiger partial charge in [-0.05, 0) is 56.0 Å². The molecule has 0 saturated carbocycles. The normalized spacial score (nSPS) is 20.1. The van der Waals surface area contributed by atoms with E-state index in [0.717, 1.165) is 100 Å². The predicted molar refractivity (Wildman–Crippen MR) is 258 cm³/mol. The van der Waals surface area contributed by atoms with E-state index in [-0.39, 0.29) is 47.8 Å². The minimum absolute atomic E-state index is 0.00274. The largest absolute Gasteiger partial charge is 0.458 e. The summed E-state index contributed by atoms with van der Waals surface area (Å²) >= 11 is 0. The molecule has 13 nitrogen and oxygen atoms in total. The highest BCUT2D eigenvalue weighted by Crippen LogP contribution is 2.47. The van der Waals surface area contributed by atoms with Gasteiger partial charge in [-0.25, -0.2) is 0 Å². The number of carbonyl (C=O) groups excluding carboxylic acids is 5. The van der Waals surface area contributed by atoms with E-state index in [1.165, 1.54) is 6.92 Å². The van der Waals surface area contributed by atoms with Crippen LogP contribution in [0.3, 0.4) is 0 Å². The molecule has 328 valence electrons. The van der Waals surface area contributed by atoms with Crippen LogP contribution in [0, 0.1) is 0 Å². The second-order valence-electron chi connectivity index (χ2n) is 17.9. The third-order valence-electron chi connectivity index (χ3n) is 14.2. The summed E-state index contributed by atoms with van der Waals surface area (Å²) < 4.78 is 9.92. The van der Waals surface area contributed by atoms with Crippen molar-refractivity contribution in [3.63, 3.8) is 0 Å². The van der Waals surface area contributed by atoms with Crippen LogP contribution in [0.1, 0.15) is 86.1 Å². The summed E-state index contributed by atoms with van der Waals surface area (Å²) in [6.45, 7) is 1.42. The van der Waals surface area contributed by atoms with Crippen molar-refractivity contribution >= 4 is 117 Å². The molecule has 0 saturated heterocycles. The summed E-state index contributed by atoms with van der Waals surface area (Å²) in [7, 11) is 0. The Balaban J connectivity index is 0.000000134. The average Bonchev–Trinajstić information content (AvgIpc) is 4.17. The lowest BCUT2D eigenvalue weighted by atomic mass is 9.96. The average molecular weight is 885 g/mol. The maximum atomic E-state index is 13.2. The fourth-order valence-electron chi connectivity index (χ4n) is 11.5. The highest BCUT2D eigenvalue weighted by atomic mass is 16.5. The minimum atomic E-state index is -0.430. The number of ether oxygens (including phenoxy) is 1. The number of aromatic nitrogens is 4. The lowest BCUT2D eigenvalue weighted by molar-refractivity contribution is -0.144. The number of nitrogens with one attached hydrogen (secondary N) is 4. The Hall–Kier alpha value is -8.29. The number of esters is 1. The van der Waals surface area contributed by atoms with Crippen molar-refractivity contribution in [1.82, 2.24) is 29.7 Å². The van der Waals surface area contributed by atoms with Crippen LogP contribution in [-0.2, 0) is 9.53 Å². The van der Waals surface area contributed by atoms with Gasteiger partial charge in [-0.15, -0.1) is 0 Å². The Morgan fingerprint density at radius 3 is 1.37 bits per heavy atom. The summed E-state index contributed by atoms with van der Waals surface area (Å²) in [5.41, 5.74) is 9.15. The van der Waals surface area contributed by atoms with Gasteiger partial charge in [0.25, 0.3) is 23.6 Å². The van der Waals surface area contributed by atoms with E-state index in [2.05, 4.69) is 47.9 Å². The molecule has 0 fully saturated rings. The maximum absolute atomic E-state index is 13.2. The number of allylic oxidation sites excluding steroid dienone is 2. The molecule has 10 aromatic rings. The van der Waals surface area contributed by atoms with Gasteiger partial charge in [-0.1, -0.05) is 91.0 Å². The minimum Gasteiger partial charge on any atom is -0.458 e. The molecule has 6 aromatic carbocycles. The van der Waals surface area contributed by atoms with E-state index in [9.17, 15) is 29.1 Å². The number of nitrogens with zero attached hydrogens (tertiary/aromatic N) is 2. The Morgan fingerprint density at radius 2 is 0.940 bits per heavy atom. The fraction of sp³-hybridized carbons (Fsp3) is 0.167. The number of hydrogen-bond acceptors (Lipinski definition) is 7. The number of imide groups is 2. The summed E-state index contributed by atoms with van der Waals surface area (Å²) in [4.78, 5) is 70.8. The number of aliphatic hydroxyl groups is 1. The SMILES string of the molecule is CC(=O)O[C@@H]1C=CC(n2c3ccccc3c3c4c(c5c6ccccc6[nH]c5c32)C(=O)NC4=O)CC1.O=C1NC(=O)c2c1c1c3ccccc3[nH]c1c1c2c2ccccc2n1C1C=C[C@@H](O)CC1. The maximum Gasteiger partial charge on any atom is 0.303 e. The molecule has 67 heavy (non-hydrogen) atoms. The molecule has 14 rings (SSSR count). The molecule has 5 N–H and O–H groups in total. The Kier molecular flexibility index (Phi) is 8.38. The molecule has 0 bridgehead atoms. The smallest absolute Gasteiger partial charge is 0.303 e. The number of carbonyl (C=O) groups is 5. The van der Waals surface area contributed by atoms with Gasteiger partial charge >= 0.3 is 5.97 Å². The molecule has 2 aliphatic carbocycles. The van der Waals surface area contributed by atoms with Gasteiger partial charge in [-0.2, -0.15) is 0 Å².